The van der Waals surface area contributed by atoms with Crippen LogP contribution in [0, 0.1) is 5.92 Å². The minimum atomic E-state index is -0.743. The van der Waals surface area contributed by atoms with Crippen LogP contribution in [-0.2, 0) is 9.53 Å². The van der Waals surface area contributed by atoms with E-state index in [9.17, 15) is 14.4 Å². The molecule has 24 heavy (non-hydrogen) atoms. The van der Waals surface area contributed by atoms with Gasteiger partial charge in [0.05, 0.1) is 14.2 Å². The fourth-order valence-electron chi connectivity index (χ4n) is 1.68. The van der Waals surface area contributed by atoms with Crippen LogP contribution < -0.4 is 20.1 Å². The lowest BCUT2D eigenvalue weighted by Crippen LogP contribution is -2.42. The van der Waals surface area contributed by atoms with Crippen molar-refractivity contribution in [3.05, 3.63) is 23.8 Å². The molecule has 0 saturated carbocycles. The Bertz CT molecular complexity index is 600. The quantitative estimate of drug-likeness (QED) is 0.727. The number of ether oxygens (including phenoxy) is 3. The fourth-order valence-corrected chi connectivity index (χ4v) is 1.68. The van der Waals surface area contributed by atoms with Crippen LogP contribution in [0.1, 0.15) is 24.2 Å². The molecule has 0 aromatic heterocycles. The van der Waals surface area contributed by atoms with E-state index in [0.717, 1.165) is 0 Å². The Morgan fingerprint density at radius 3 is 2.42 bits per heavy atom. The van der Waals surface area contributed by atoms with Gasteiger partial charge in [0.1, 0.15) is 17.1 Å². The number of carbonyl (C=O) groups excluding carboxylic acids is 3. The van der Waals surface area contributed by atoms with Crippen LogP contribution in [0.3, 0.4) is 0 Å². The number of esters is 1. The van der Waals surface area contributed by atoms with Crippen LogP contribution in [0.15, 0.2) is 18.2 Å². The van der Waals surface area contributed by atoms with Crippen molar-refractivity contribution in [2.45, 2.75) is 13.8 Å². The molecule has 0 aliphatic rings. The van der Waals surface area contributed by atoms with Crippen LogP contribution in [-0.4, -0.2) is 45.3 Å². The van der Waals surface area contributed by atoms with Gasteiger partial charge in [0.25, 0.3) is 5.91 Å². The van der Waals surface area contributed by atoms with Gasteiger partial charge in [-0.1, -0.05) is 13.8 Å². The summed E-state index contributed by atoms with van der Waals surface area (Å²) >= 11 is 0. The Morgan fingerprint density at radius 2 is 1.83 bits per heavy atom. The zero-order chi connectivity index (χ0) is 18.1. The van der Waals surface area contributed by atoms with Gasteiger partial charge in [-0.05, 0) is 18.1 Å². The Labute approximate surface area is 140 Å². The molecule has 2 N–H and O–H groups in total. The summed E-state index contributed by atoms with van der Waals surface area (Å²) in [5, 5.41) is 4.59. The third-order valence-corrected chi connectivity index (χ3v) is 2.89. The highest BCUT2D eigenvalue weighted by atomic mass is 16.5. The van der Waals surface area contributed by atoms with Crippen molar-refractivity contribution in [2.24, 2.45) is 5.92 Å². The molecule has 0 aliphatic heterocycles. The first kappa shape index (κ1) is 19.3. The highest BCUT2D eigenvalue weighted by Gasteiger charge is 2.17. The second kappa shape index (κ2) is 9.39. The maximum absolute atomic E-state index is 12.0. The van der Waals surface area contributed by atoms with Crippen LogP contribution in [0.4, 0.5) is 4.79 Å². The van der Waals surface area contributed by atoms with Crippen molar-refractivity contribution < 1.29 is 28.6 Å². The average Bonchev–Trinajstić information content (AvgIpc) is 2.57. The monoisotopic (exact) mass is 338 g/mol. The Morgan fingerprint density at radius 1 is 1.12 bits per heavy atom. The number of nitrogens with one attached hydrogen (secondary N) is 2. The van der Waals surface area contributed by atoms with E-state index >= 15 is 0 Å². The lowest BCUT2D eigenvalue weighted by Gasteiger charge is -2.11. The number of rotatable bonds is 7. The molecule has 1 aromatic carbocycles. The van der Waals surface area contributed by atoms with Gasteiger partial charge in [-0.3, -0.25) is 10.1 Å². The van der Waals surface area contributed by atoms with Gasteiger partial charge >= 0.3 is 12.0 Å². The Balaban J connectivity index is 2.54. The van der Waals surface area contributed by atoms with E-state index in [1.54, 1.807) is 6.07 Å². The zero-order valence-electron chi connectivity index (χ0n) is 14.2. The van der Waals surface area contributed by atoms with E-state index in [-0.39, 0.29) is 17.2 Å². The number of carbonyl (C=O) groups is 3. The standard InChI is InChI=1S/C16H22N2O6/c1-10(2)8-17-16(21)18-14(19)9-24-15(20)12-6-5-11(22-3)7-13(12)23-4/h5-7,10H,8-9H2,1-4H3,(H2,17,18,19,21). The van der Waals surface area contributed by atoms with Gasteiger partial charge in [0.2, 0.25) is 0 Å². The summed E-state index contributed by atoms with van der Waals surface area (Å²) in [7, 11) is 2.89. The number of hydrogen-bond donors (Lipinski definition) is 2. The molecule has 0 spiro atoms. The van der Waals surface area contributed by atoms with Crippen molar-refractivity contribution in [1.82, 2.24) is 10.6 Å². The van der Waals surface area contributed by atoms with Crippen molar-refractivity contribution in [1.29, 1.82) is 0 Å². The molecule has 8 nitrogen and oxygen atoms in total. The third kappa shape index (κ3) is 6.15. The molecule has 3 amide bonds. The highest BCUT2D eigenvalue weighted by Crippen LogP contribution is 2.25. The molecular weight excluding hydrogens is 316 g/mol. The molecule has 0 radical (unpaired) electrons. The molecule has 0 aliphatic carbocycles. The van der Waals surface area contributed by atoms with Crippen LogP contribution in [0.2, 0.25) is 0 Å². The molecule has 1 aromatic rings. The summed E-state index contributed by atoms with van der Waals surface area (Å²) < 4.78 is 15.0. The van der Waals surface area contributed by atoms with Crippen LogP contribution >= 0.6 is 0 Å². The van der Waals surface area contributed by atoms with Crippen LogP contribution in [0.5, 0.6) is 11.5 Å². The number of amides is 3. The molecule has 1 rings (SSSR count). The fraction of sp³-hybridized carbons (Fsp3) is 0.438. The number of methoxy groups -OCH3 is 2. The van der Waals surface area contributed by atoms with E-state index < -0.39 is 24.5 Å². The summed E-state index contributed by atoms with van der Waals surface area (Å²) in [5.74, 6) is -0.437. The van der Waals surface area contributed by atoms with Gasteiger partial charge in [0, 0.05) is 12.6 Å². The Kier molecular flexibility index (Phi) is 7.54. The summed E-state index contributed by atoms with van der Waals surface area (Å²) in [4.78, 5) is 35.0. The predicted molar refractivity (Wildman–Crippen MR) is 86.2 cm³/mol. The number of hydrogen-bond acceptors (Lipinski definition) is 6. The summed E-state index contributed by atoms with van der Waals surface area (Å²) in [6, 6.07) is 3.92. The van der Waals surface area contributed by atoms with Crippen molar-refractivity contribution in [3.8, 4) is 11.5 Å². The van der Waals surface area contributed by atoms with E-state index in [1.807, 2.05) is 13.8 Å². The maximum atomic E-state index is 12.0. The smallest absolute Gasteiger partial charge is 0.342 e. The van der Waals surface area contributed by atoms with Gasteiger partial charge in [-0.2, -0.15) is 0 Å². The lowest BCUT2D eigenvalue weighted by atomic mass is 10.2. The molecule has 0 bridgehead atoms. The van der Waals surface area contributed by atoms with E-state index in [2.05, 4.69) is 10.6 Å². The minimum absolute atomic E-state index is 0.148. The van der Waals surface area contributed by atoms with E-state index in [4.69, 9.17) is 14.2 Å². The predicted octanol–water partition coefficient (Wildman–Crippen LogP) is 1.34. The van der Waals surface area contributed by atoms with Gasteiger partial charge in [-0.25, -0.2) is 9.59 Å². The molecule has 0 unspecified atom stereocenters. The first-order valence-corrected chi connectivity index (χ1v) is 7.34. The van der Waals surface area contributed by atoms with Gasteiger partial charge in [-0.15, -0.1) is 0 Å². The zero-order valence-corrected chi connectivity index (χ0v) is 14.2. The normalized spacial score (nSPS) is 10.0. The second-order valence-corrected chi connectivity index (χ2v) is 5.29. The molecule has 0 saturated heterocycles. The number of urea groups is 1. The van der Waals surface area contributed by atoms with E-state index in [1.165, 1.54) is 26.4 Å². The summed E-state index contributed by atoms with van der Waals surface area (Å²) in [5.41, 5.74) is 0.148. The largest absolute Gasteiger partial charge is 0.497 e. The van der Waals surface area contributed by atoms with Crippen LogP contribution in [0.25, 0.3) is 0 Å². The molecule has 0 atom stereocenters. The summed E-state index contributed by atoms with van der Waals surface area (Å²) in [6.45, 7) is 3.70. The van der Waals surface area contributed by atoms with Gasteiger partial charge < -0.3 is 19.5 Å². The van der Waals surface area contributed by atoms with Crippen molar-refractivity contribution >= 4 is 17.9 Å². The molecule has 0 heterocycles. The number of benzene rings is 1. The third-order valence-electron chi connectivity index (χ3n) is 2.89. The van der Waals surface area contributed by atoms with E-state index in [0.29, 0.717) is 12.3 Å². The molecular formula is C16H22N2O6. The molecule has 132 valence electrons. The Hall–Kier alpha value is -2.77. The average molecular weight is 338 g/mol. The minimum Gasteiger partial charge on any atom is -0.497 e. The maximum Gasteiger partial charge on any atom is 0.342 e. The first-order chi connectivity index (χ1) is 11.4. The number of imide groups is 1. The lowest BCUT2D eigenvalue weighted by molar-refractivity contribution is -0.123. The molecule has 0 fully saturated rings. The summed E-state index contributed by atoms with van der Waals surface area (Å²) in [6.07, 6.45) is 0. The van der Waals surface area contributed by atoms with Crippen molar-refractivity contribution in [2.75, 3.05) is 27.4 Å². The molecule has 8 heteroatoms. The second-order valence-electron chi connectivity index (χ2n) is 5.29. The highest BCUT2D eigenvalue weighted by molar-refractivity contribution is 5.97. The SMILES string of the molecule is COc1ccc(C(=O)OCC(=O)NC(=O)NCC(C)C)c(OC)c1. The first-order valence-electron chi connectivity index (χ1n) is 7.34. The topological polar surface area (TPSA) is 103 Å². The van der Waals surface area contributed by atoms with Gasteiger partial charge in [0.15, 0.2) is 6.61 Å². The van der Waals surface area contributed by atoms with Crippen molar-refractivity contribution in [3.63, 3.8) is 0 Å².